The van der Waals surface area contributed by atoms with Gasteiger partial charge in [-0.25, -0.2) is 9.59 Å². The lowest BCUT2D eigenvalue weighted by molar-refractivity contribution is -0.139. The molecule has 1 amide bonds. The van der Waals surface area contributed by atoms with E-state index in [2.05, 4.69) is 10.1 Å². The van der Waals surface area contributed by atoms with E-state index >= 15 is 0 Å². The molecule has 0 fully saturated rings. The molecule has 0 saturated heterocycles. The van der Waals surface area contributed by atoms with Crippen molar-refractivity contribution in [3.8, 4) is 11.1 Å². The maximum absolute atomic E-state index is 11.7. The van der Waals surface area contributed by atoms with E-state index in [4.69, 9.17) is 0 Å². The maximum Gasteiger partial charge on any atom is 0.407 e. The van der Waals surface area contributed by atoms with Gasteiger partial charge in [-0.2, -0.15) is 0 Å². The van der Waals surface area contributed by atoms with E-state index in [1.54, 1.807) is 0 Å². The number of carbonyl (C=O) groups is 2. The summed E-state index contributed by atoms with van der Waals surface area (Å²) >= 11 is 0. The molecule has 0 spiro atoms. The topological polar surface area (TPSA) is 75.6 Å². The van der Waals surface area contributed by atoms with E-state index in [1.807, 2.05) is 48.5 Å². The molecule has 0 saturated carbocycles. The number of methoxy groups -OCH3 is 1. The molecule has 1 aliphatic rings. The number of benzene rings is 2. The summed E-state index contributed by atoms with van der Waals surface area (Å²) in [6.07, 6.45) is -0.755. The molecule has 5 heteroatoms. The zero-order chi connectivity index (χ0) is 15.7. The van der Waals surface area contributed by atoms with Gasteiger partial charge in [0.2, 0.25) is 0 Å². The van der Waals surface area contributed by atoms with Crippen molar-refractivity contribution in [2.45, 2.75) is 12.0 Å². The molecule has 22 heavy (non-hydrogen) atoms. The van der Waals surface area contributed by atoms with Gasteiger partial charge in [0.1, 0.15) is 6.04 Å². The van der Waals surface area contributed by atoms with Crippen LogP contribution in [0.3, 0.4) is 0 Å². The van der Waals surface area contributed by atoms with Gasteiger partial charge in [-0.1, -0.05) is 48.5 Å². The minimum absolute atomic E-state index is 0.441. The van der Waals surface area contributed by atoms with Gasteiger partial charge in [-0.3, -0.25) is 0 Å². The highest BCUT2D eigenvalue weighted by Gasteiger charge is 2.38. The van der Waals surface area contributed by atoms with E-state index in [-0.39, 0.29) is 0 Å². The molecule has 0 bridgehead atoms. The molecule has 5 nitrogen and oxygen atoms in total. The monoisotopic (exact) mass is 297 g/mol. The van der Waals surface area contributed by atoms with Gasteiger partial charge < -0.3 is 15.2 Å². The molecule has 0 aromatic heterocycles. The first-order chi connectivity index (χ1) is 10.6. The first kappa shape index (κ1) is 14.1. The summed E-state index contributed by atoms with van der Waals surface area (Å²) in [5.74, 6) is -1.54. The van der Waals surface area contributed by atoms with Gasteiger partial charge in [0.15, 0.2) is 0 Å². The smallest absolute Gasteiger partial charge is 0.407 e. The summed E-state index contributed by atoms with van der Waals surface area (Å²) in [5, 5.41) is 12.0. The van der Waals surface area contributed by atoms with Crippen molar-refractivity contribution in [3.05, 3.63) is 59.7 Å². The lowest BCUT2D eigenvalue weighted by atomic mass is 9.89. The van der Waals surface area contributed by atoms with Crippen LogP contribution in [0.2, 0.25) is 0 Å². The fraction of sp³-hybridized carbons (Fsp3) is 0.176. The Morgan fingerprint density at radius 1 is 1.05 bits per heavy atom. The number of nitrogens with one attached hydrogen (secondary N) is 1. The molecule has 2 aromatic carbocycles. The van der Waals surface area contributed by atoms with Gasteiger partial charge in [0.05, 0.1) is 7.11 Å². The summed E-state index contributed by atoms with van der Waals surface area (Å²) in [6, 6.07) is 14.2. The summed E-state index contributed by atoms with van der Waals surface area (Å²) in [6.45, 7) is 0. The second kappa shape index (κ2) is 5.52. The average Bonchev–Trinajstić information content (AvgIpc) is 2.86. The molecule has 3 rings (SSSR count). The summed E-state index contributed by atoms with van der Waals surface area (Å²) in [5.41, 5.74) is 3.79. The van der Waals surface area contributed by atoms with Crippen molar-refractivity contribution in [1.29, 1.82) is 0 Å². The third-order valence-corrected chi connectivity index (χ3v) is 3.94. The quantitative estimate of drug-likeness (QED) is 0.913. The number of carbonyl (C=O) groups excluding carboxylic acids is 1. The van der Waals surface area contributed by atoms with Crippen LogP contribution in [0.5, 0.6) is 0 Å². The number of ether oxygens (including phenoxy) is 1. The summed E-state index contributed by atoms with van der Waals surface area (Å²) < 4.78 is 4.55. The molecular weight excluding hydrogens is 282 g/mol. The van der Waals surface area contributed by atoms with Crippen molar-refractivity contribution in [2.75, 3.05) is 7.11 Å². The van der Waals surface area contributed by atoms with Gasteiger partial charge in [0, 0.05) is 5.92 Å². The normalized spacial score (nSPS) is 13.9. The van der Waals surface area contributed by atoms with Crippen LogP contribution in [0, 0.1) is 0 Å². The number of fused-ring (bicyclic) bond motifs is 3. The van der Waals surface area contributed by atoms with E-state index in [9.17, 15) is 14.7 Å². The largest absolute Gasteiger partial charge is 0.480 e. The number of rotatable bonds is 3. The number of hydrogen-bond acceptors (Lipinski definition) is 3. The van der Waals surface area contributed by atoms with Crippen LogP contribution < -0.4 is 5.32 Å². The first-order valence-corrected chi connectivity index (χ1v) is 6.89. The highest BCUT2D eigenvalue weighted by atomic mass is 16.5. The van der Waals surface area contributed by atoms with E-state index in [0.717, 1.165) is 22.3 Å². The highest BCUT2D eigenvalue weighted by molar-refractivity contribution is 5.87. The fourth-order valence-electron chi connectivity index (χ4n) is 3.03. The molecule has 1 atom stereocenters. The van der Waals surface area contributed by atoms with Crippen LogP contribution in [0.25, 0.3) is 11.1 Å². The Labute approximate surface area is 127 Å². The van der Waals surface area contributed by atoms with Crippen LogP contribution in [0.4, 0.5) is 4.79 Å². The molecule has 0 aliphatic heterocycles. The molecule has 2 N–H and O–H groups in total. The predicted octanol–water partition coefficient (Wildman–Crippen LogP) is 2.61. The number of amides is 1. The van der Waals surface area contributed by atoms with Crippen LogP contribution in [-0.4, -0.2) is 30.3 Å². The van der Waals surface area contributed by atoms with Gasteiger partial charge in [-0.15, -0.1) is 0 Å². The second-order valence-corrected chi connectivity index (χ2v) is 5.10. The Morgan fingerprint density at radius 3 is 2.00 bits per heavy atom. The van der Waals surface area contributed by atoms with Crippen molar-refractivity contribution in [2.24, 2.45) is 0 Å². The average molecular weight is 297 g/mol. The number of carboxylic acid groups (broad SMARTS) is 1. The van der Waals surface area contributed by atoms with Gasteiger partial charge in [-0.05, 0) is 22.3 Å². The summed E-state index contributed by atoms with van der Waals surface area (Å²) in [7, 11) is 1.21. The molecule has 0 radical (unpaired) electrons. The molecule has 1 aliphatic carbocycles. The molecule has 1 unspecified atom stereocenters. The predicted molar refractivity (Wildman–Crippen MR) is 80.7 cm³/mol. The van der Waals surface area contributed by atoms with Crippen LogP contribution >= 0.6 is 0 Å². The Kier molecular flexibility index (Phi) is 3.55. The van der Waals surface area contributed by atoms with E-state index < -0.39 is 24.0 Å². The first-order valence-electron chi connectivity index (χ1n) is 6.89. The fourth-order valence-corrected chi connectivity index (χ4v) is 3.03. The Bertz CT molecular complexity index is 695. The number of alkyl carbamates (subject to hydrolysis) is 1. The summed E-state index contributed by atoms with van der Waals surface area (Å²) in [4.78, 5) is 23.2. The van der Waals surface area contributed by atoms with Crippen molar-refractivity contribution < 1.29 is 19.4 Å². The van der Waals surface area contributed by atoms with Crippen molar-refractivity contribution in [3.63, 3.8) is 0 Å². The zero-order valence-corrected chi connectivity index (χ0v) is 11.9. The van der Waals surface area contributed by atoms with Crippen LogP contribution in [0.15, 0.2) is 48.5 Å². The standard InChI is InChI=1S/C17H15NO4/c1-22-17(21)18-15(16(19)20)14-12-8-4-2-6-10(12)11-7-3-5-9-13(11)14/h2-9,14-15H,1H3,(H,18,21)(H,19,20). The molecule has 112 valence electrons. The van der Waals surface area contributed by atoms with Gasteiger partial charge >= 0.3 is 12.1 Å². The van der Waals surface area contributed by atoms with Crippen LogP contribution in [0.1, 0.15) is 17.0 Å². The second-order valence-electron chi connectivity index (χ2n) is 5.10. The minimum Gasteiger partial charge on any atom is -0.480 e. The molecule has 0 heterocycles. The SMILES string of the molecule is COC(=O)NC(C(=O)O)C1c2ccccc2-c2ccccc21. The minimum atomic E-state index is -1.10. The zero-order valence-electron chi connectivity index (χ0n) is 11.9. The van der Waals surface area contributed by atoms with Crippen LogP contribution in [-0.2, 0) is 9.53 Å². The number of carboxylic acids is 1. The highest BCUT2D eigenvalue weighted by Crippen LogP contribution is 2.46. The van der Waals surface area contributed by atoms with Gasteiger partial charge in [0.25, 0.3) is 0 Å². The number of aliphatic carboxylic acids is 1. The Morgan fingerprint density at radius 2 is 1.55 bits per heavy atom. The molecular formula is C17H15NO4. The molecule has 2 aromatic rings. The van der Waals surface area contributed by atoms with E-state index in [0.29, 0.717) is 0 Å². The lowest BCUT2D eigenvalue weighted by Gasteiger charge is -2.22. The Balaban J connectivity index is 2.12. The third kappa shape index (κ3) is 2.20. The van der Waals surface area contributed by atoms with Crippen molar-refractivity contribution in [1.82, 2.24) is 5.32 Å². The Hall–Kier alpha value is -2.82. The van der Waals surface area contributed by atoms with Crippen molar-refractivity contribution >= 4 is 12.1 Å². The number of hydrogen-bond donors (Lipinski definition) is 2. The van der Waals surface area contributed by atoms with E-state index in [1.165, 1.54) is 7.11 Å². The lowest BCUT2D eigenvalue weighted by Crippen LogP contribution is -2.44. The third-order valence-electron chi connectivity index (χ3n) is 3.94. The maximum atomic E-state index is 11.7.